The van der Waals surface area contributed by atoms with Crippen LogP contribution in [-0.4, -0.2) is 25.2 Å². The smallest absolute Gasteiger partial charge is 0.319 e. The quantitative estimate of drug-likeness (QED) is 0.746. The van der Waals surface area contributed by atoms with Gasteiger partial charge in [-0.15, -0.1) is 0 Å². The lowest BCUT2D eigenvalue weighted by molar-refractivity contribution is 0.251. The number of pyridine rings is 1. The van der Waals surface area contributed by atoms with Crippen molar-refractivity contribution in [3.8, 4) is 0 Å². The highest BCUT2D eigenvalue weighted by atomic mass is 32.2. The monoisotopic (exact) mass is 348 g/mol. The molecule has 0 aliphatic heterocycles. The zero-order valence-corrected chi connectivity index (χ0v) is 14.4. The third-order valence-corrected chi connectivity index (χ3v) is 4.53. The number of nitrogens with zero attached hydrogens (tertiary/aromatic N) is 1. The van der Waals surface area contributed by atoms with Crippen molar-refractivity contribution in [3.05, 3.63) is 53.9 Å². The van der Waals surface area contributed by atoms with Gasteiger partial charge in [0.25, 0.3) is 0 Å². The minimum Gasteiger partial charge on any atom is -0.334 e. The molecule has 0 saturated carbocycles. The van der Waals surface area contributed by atoms with E-state index in [1.165, 1.54) is 0 Å². The lowest BCUT2D eigenvalue weighted by Gasteiger charge is -2.09. The molecule has 0 bridgehead atoms. The summed E-state index contributed by atoms with van der Waals surface area (Å²) in [5, 5.41) is 5.41. The number of urea groups is 1. The van der Waals surface area contributed by atoms with Crippen molar-refractivity contribution in [1.29, 1.82) is 0 Å². The maximum Gasteiger partial charge on any atom is 0.319 e. The predicted molar refractivity (Wildman–Crippen MR) is 94.4 cm³/mol. The van der Waals surface area contributed by atoms with E-state index < -0.39 is 10.0 Å². The summed E-state index contributed by atoms with van der Waals surface area (Å²) in [5.41, 5.74) is 2.84. The molecule has 0 aliphatic rings. The summed E-state index contributed by atoms with van der Waals surface area (Å²) in [6.45, 7) is 3.83. The highest BCUT2D eigenvalue weighted by Gasteiger charge is 2.07. The number of amides is 2. The molecule has 1 heterocycles. The summed E-state index contributed by atoms with van der Waals surface area (Å²) >= 11 is 0. The van der Waals surface area contributed by atoms with Crippen LogP contribution in [0.1, 0.15) is 18.2 Å². The van der Waals surface area contributed by atoms with Crippen molar-refractivity contribution >= 4 is 27.4 Å². The second kappa shape index (κ2) is 7.78. The molecular weight excluding hydrogens is 328 g/mol. The number of carbonyl (C=O) groups excluding carboxylic acids is 1. The summed E-state index contributed by atoms with van der Waals surface area (Å²) in [7, 11) is -3.31. The van der Waals surface area contributed by atoms with Gasteiger partial charge in [-0.1, -0.05) is 6.07 Å². The van der Waals surface area contributed by atoms with Gasteiger partial charge in [-0.05, 0) is 49.7 Å². The Balaban J connectivity index is 1.86. The molecular formula is C16H20N4O3S. The van der Waals surface area contributed by atoms with E-state index in [-0.39, 0.29) is 11.8 Å². The number of aromatic nitrogens is 1. The number of carbonyl (C=O) groups is 1. The van der Waals surface area contributed by atoms with Gasteiger partial charge in [-0.25, -0.2) is 13.2 Å². The maximum absolute atomic E-state index is 11.9. The van der Waals surface area contributed by atoms with Gasteiger partial charge in [0.05, 0.1) is 5.75 Å². The molecule has 0 unspecified atom stereocenters. The minimum absolute atomic E-state index is 0.00325. The number of sulfonamides is 1. The Hall–Kier alpha value is -2.61. The Bertz CT molecular complexity index is 787. The Morgan fingerprint density at radius 3 is 2.33 bits per heavy atom. The van der Waals surface area contributed by atoms with Crippen LogP contribution in [0.25, 0.3) is 0 Å². The number of benzene rings is 1. The van der Waals surface area contributed by atoms with E-state index in [0.29, 0.717) is 17.9 Å². The van der Waals surface area contributed by atoms with Crippen molar-refractivity contribution in [2.24, 2.45) is 0 Å². The van der Waals surface area contributed by atoms with Gasteiger partial charge in [-0.3, -0.25) is 9.71 Å². The third-order valence-electron chi connectivity index (χ3n) is 3.22. The fourth-order valence-electron chi connectivity index (χ4n) is 1.83. The van der Waals surface area contributed by atoms with Gasteiger partial charge in [-0.2, -0.15) is 0 Å². The van der Waals surface area contributed by atoms with E-state index in [0.717, 1.165) is 11.3 Å². The highest BCUT2D eigenvalue weighted by molar-refractivity contribution is 7.92. The van der Waals surface area contributed by atoms with Gasteiger partial charge < -0.3 is 10.6 Å². The lowest BCUT2D eigenvalue weighted by atomic mass is 10.2. The van der Waals surface area contributed by atoms with Crippen LogP contribution in [0.15, 0.2) is 42.6 Å². The zero-order chi connectivity index (χ0) is 17.6. The molecule has 1 aromatic carbocycles. The van der Waals surface area contributed by atoms with E-state index in [4.69, 9.17) is 0 Å². The van der Waals surface area contributed by atoms with E-state index in [9.17, 15) is 13.2 Å². The van der Waals surface area contributed by atoms with Gasteiger partial charge in [0.15, 0.2) is 0 Å². The van der Waals surface area contributed by atoms with Crippen molar-refractivity contribution in [2.45, 2.75) is 20.4 Å². The highest BCUT2D eigenvalue weighted by Crippen LogP contribution is 2.14. The van der Waals surface area contributed by atoms with Gasteiger partial charge in [0, 0.05) is 29.8 Å². The summed E-state index contributed by atoms with van der Waals surface area (Å²) in [4.78, 5) is 16.0. The maximum atomic E-state index is 11.9. The van der Waals surface area contributed by atoms with E-state index in [1.807, 2.05) is 19.1 Å². The summed E-state index contributed by atoms with van der Waals surface area (Å²) in [6.07, 6.45) is 1.71. The SMILES string of the molecule is CCS(=O)(=O)Nc1ccc(NC(=O)NCc2ccc(C)nc2)cc1. The summed E-state index contributed by atoms with van der Waals surface area (Å²) in [6, 6.07) is 9.86. The average Bonchev–Trinajstić information content (AvgIpc) is 2.56. The molecule has 2 amide bonds. The van der Waals surface area contributed by atoms with Crippen LogP contribution in [0.3, 0.4) is 0 Å². The molecule has 24 heavy (non-hydrogen) atoms. The largest absolute Gasteiger partial charge is 0.334 e. The zero-order valence-electron chi connectivity index (χ0n) is 13.5. The second-order valence-electron chi connectivity index (χ2n) is 5.20. The van der Waals surface area contributed by atoms with Crippen LogP contribution in [0.2, 0.25) is 0 Å². The molecule has 0 atom stereocenters. The Labute approximate surface area is 141 Å². The van der Waals surface area contributed by atoms with Crippen LogP contribution in [-0.2, 0) is 16.6 Å². The normalized spacial score (nSPS) is 10.9. The van der Waals surface area contributed by atoms with Crippen molar-refractivity contribution in [1.82, 2.24) is 10.3 Å². The molecule has 0 fully saturated rings. The molecule has 0 aliphatic carbocycles. The molecule has 0 saturated heterocycles. The van der Waals surface area contributed by atoms with Crippen LogP contribution >= 0.6 is 0 Å². The average molecular weight is 348 g/mol. The Morgan fingerprint density at radius 2 is 1.75 bits per heavy atom. The molecule has 0 radical (unpaired) electrons. The lowest BCUT2D eigenvalue weighted by Crippen LogP contribution is -2.28. The molecule has 7 nitrogen and oxygen atoms in total. The molecule has 0 spiro atoms. The number of hydrogen-bond donors (Lipinski definition) is 3. The number of anilines is 2. The second-order valence-corrected chi connectivity index (χ2v) is 7.21. The van der Waals surface area contributed by atoms with Gasteiger partial charge in [0.1, 0.15) is 0 Å². The van der Waals surface area contributed by atoms with Crippen LogP contribution in [0.4, 0.5) is 16.2 Å². The Kier molecular flexibility index (Phi) is 5.75. The van der Waals surface area contributed by atoms with Crippen molar-refractivity contribution in [2.75, 3.05) is 15.8 Å². The fraction of sp³-hybridized carbons (Fsp3) is 0.250. The first-order valence-corrected chi connectivity index (χ1v) is 9.10. The van der Waals surface area contributed by atoms with E-state index in [1.54, 1.807) is 37.4 Å². The molecule has 8 heteroatoms. The Morgan fingerprint density at radius 1 is 1.08 bits per heavy atom. The standard InChI is InChI=1S/C16H20N4O3S/c1-3-24(22,23)20-15-8-6-14(7-9-15)19-16(21)18-11-13-5-4-12(2)17-10-13/h4-10,20H,3,11H2,1-2H3,(H2,18,19,21). The molecule has 1 aromatic heterocycles. The van der Waals surface area contributed by atoms with E-state index in [2.05, 4.69) is 20.3 Å². The minimum atomic E-state index is -3.31. The first-order valence-electron chi connectivity index (χ1n) is 7.45. The third kappa shape index (κ3) is 5.54. The van der Waals surface area contributed by atoms with Crippen molar-refractivity contribution in [3.63, 3.8) is 0 Å². The van der Waals surface area contributed by atoms with E-state index >= 15 is 0 Å². The number of aryl methyl sites for hydroxylation is 1. The number of hydrogen-bond acceptors (Lipinski definition) is 4. The molecule has 2 aromatic rings. The van der Waals surface area contributed by atoms with Crippen LogP contribution in [0.5, 0.6) is 0 Å². The van der Waals surface area contributed by atoms with Gasteiger partial charge in [0.2, 0.25) is 10.0 Å². The summed E-state index contributed by atoms with van der Waals surface area (Å²) < 4.78 is 25.4. The first-order chi connectivity index (χ1) is 11.4. The first kappa shape index (κ1) is 17.7. The number of rotatable bonds is 6. The van der Waals surface area contributed by atoms with Crippen LogP contribution < -0.4 is 15.4 Å². The van der Waals surface area contributed by atoms with Crippen LogP contribution in [0, 0.1) is 6.92 Å². The molecule has 128 valence electrons. The van der Waals surface area contributed by atoms with Gasteiger partial charge >= 0.3 is 6.03 Å². The number of nitrogens with one attached hydrogen (secondary N) is 3. The van der Waals surface area contributed by atoms with Crippen molar-refractivity contribution < 1.29 is 13.2 Å². The fourth-order valence-corrected chi connectivity index (χ4v) is 2.47. The summed E-state index contributed by atoms with van der Waals surface area (Å²) in [5.74, 6) is 0.00325. The molecule has 2 rings (SSSR count). The predicted octanol–water partition coefficient (Wildman–Crippen LogP) is 2.47. The topological polar surface area (TPSA) is 100 Å². The molecule has 3 N–H and O–H groups in total.